The van der Waals surface area contributed by atoms with Crippen molar-refractivity contribution in [3.63, 3.8) is 0 Å². The van der Waals surface area contributed by atoms with E-state index in [0.717, 1.165) is 21.7 Å². The molecular formula is C18H19N3O2S. The van der Waals surface area contributed by atoms with Crippen molar-refractivity contribution in [3.05, 3.63) is 48.5 Å². The Hall–Kier alpha value is -2.60. The van der Waals surface area contributed by atoms with Crippen molar-refractivity contribution in [3.8, 4) is 5.75 Å². The van der Waals surface area contributed by atoms with Gasteiger partial charge in [-0.05, 0) is 37.3 Å². The number of fused-ring (bicyclic) bond motifs is 1. The van der Waals surface area contributed by atoms with Gasteiger partial charge in [-0.25, -0.2) is 4.98 Å². The van der Waals surface area contributed by atoms with Gasteiger partial charge < -0.3 is 15.0 Å². The van der Waals surface area contributed by atoms with Crippen LogP contribution in [0.15, 0.2) is 48.5 Å². The van der Waals surface area contributed by atoms with Crippen LogP contribution in [0.25, 0.3) is 10.2 Å². The van der Waals surface area contributed by atoms with Crippen LogP contribution in [-0.4, -0.2) is 31.1 Å². The highest BCUT2D eigenvalue weighted by Crippen LogP contribution is 2.29. The van der Waals surface area contributed by atoms with Gasteiger partial charge in [-0.1, -0.05) is 29.5 Å². The number of amides is 1. The first-order chi connectivity index (χ1) is 11.7. The third-order valence-corrected chi connectivity index (χ3v) is 4.43. The molecule has 24 heavy (non-hydrogen) atoms. The Kier molecular flexibility index (Phi) is 4.96. The molecule has 0 spiro atoms. The van der Waals surface area contributed by atoms with E-state index >= 15 is 0 Å². The molecule has 5 nitrogen and oxygen atoms in total. The minimum atomic E-state index is -0.0922. The van der Waals surface area contributed by atoms with Crippen LogP contribution in [0.5, 0.6) is 5.75 Å². The first-order valence-electron chi connectivity index (χ1n) is 7.75. The monoisotopic (exact) mass is 341 g/mol. The summed E-state index contributed by atoms with van der Waals surface area (Å²) in [5.41, 5.74) is 1.86. The topological polar surface area (TPSA) is 54.5 Å². The first-order valence-corrected chi connectivity index (χ1v) is 8.57. The molecule has 0 saturated heterocycles. The van der Waals surface area contributed by atoms with E-state index in [-0.39, 0.29) is 12.5 Å². The maximum absolute atomic E-state index is 12.2. The summed E-state index contributed by atoms with van der Waals surface area (Å²) < 4.78 is 6.48. The highest BCUT2D eigenvalue weighted by Gasteiger charge is 2.11. The summed E-state index contributed by atoms with van der Waals surface area (Å²) in [6.07, 6.45) is 0. The van der Waals surface area contributed by atoms with Crippen LogP contribution in [0.4, 0.5) is 10.8 Å². The summed E-state index contributed by atoms with van der Waals surface area (Å²) in [5, 5.41) is 3.47. The highest BCUT2D eigenvalue weighted by atomic mass is 32.1. The number of thiazole rings is 1. The van der Waals surface area contributed by atoms with Crippen LogP contribution in [-0.2, 0) is 4.79 Å². The third kappa shape index (κ3) is 3.83. The maximum Gasteiger partial charge on any atom is 0.245 e. The minimum Gasteiger partial charge on any atom is -0.494 e. The van der Waals surface area contributed by atoms with Crippen LogP contribution >= 0.6 is 11.3 Å². The number of benzene rings is 2. The molecule has 0 radical (unpaired) electrons. The van der Waals surface area contributed by atoms with Crippen LogP contribution < -0.4 is 15.0 Å². The molecule has 0 aliphatic heterocycles. The zero-order valence-electron chi connectivity index (χ0n) is 13.7. The van der Waals surface area contributed by atoms with E-state index in [9.17, 15) is 4.79 Å². The molecule has 3 rings (SSSR count). The standard InChI is InChI=1S/C18H19N3O2S/c1-3-23-14-9-10-15-16(11-14)24-18(19-15)20-17(22)12-21(2)13-7-5-4-6-8-13/h4-11H,3,12H2,1-2H3,(H,19,20,22). The number of aromatic nitrogens is 1. The number of ether oxygens (including phenoxy) is 1. The molecule has 1 N–H and O–H groups in total. The zero-order chi connectivity index (χ0) is 16.9. The largest absolute Gasteiger partial charge is 0.494 e. The fourth-order valence-corrected chi connectivity index (χ4v) is 3.27. The number of para-hydroxylation sites is 1. The number of carbonyl (C=O) groups is 1. The van der Waals surface area contributed by atoms with Crippen molar-refractivity contribution in [1.29, 1.82) is 0 Å². The average molecular weight is 341 g/mol. The smallest absolute Gasteiger partial charge is 0.245 e. The predicted octanol–water partition coefficient (Wildman–Crippen LogP) is 3.77. The molecule has 0 aliphatic carbocycles. The Morgan fingerprint density at radius 2 is 2.04 bits per heavy atom. The Balaban J connectivity index is 1.66. The number of hydrogen-bond donors (Lipinski definition) is 1. The molecule has 0 fully saturated rings. The molecule has 2 aromatic carbocycles. The van der Waals surface area contributed by atoms with Crippen molar-refractivity contribution in [1.82, 2.24) is 4.98 Å². The van der Waals surface area contributed by atoms with Crippen molar-refractivity contribution in [2.24, 2.45) is 0 Å². The molecule has 1 aromatic heterocycles. The van der Waals surface area contributed by atoms with Crippen molar-refractivity contribution < 1.29 is 9.53 Å². The molecular weight excluding hydrogens is 322 g/mol. The van der Waals surface area contributed by atoms with Gasteiger partial charge >= 0.3 is 0 Å². The summed E-state index contributed by atoms with van der Waals surface area (Å²) in [6, 6.07) is 15.5. The van der Waals surface area contributed by atoms with E-state index in [4.69, 9.17) is 4.74 Å². The van der Waals surface area contributed by atoms with E-state index in [2.05, 4.69) is 10.3 Å². The van der Waals surface area contributed by atoms with Gasteiger partial charge in [0, 0.05) is 12.7 Å². The second-order valence-electron chi connectivity index (χ2n) is 5.32. The summed E-state index contributed by atoms with van der Waals surface area (Å²) in [4.78, 5) is 18.6. The molecule has 3 aromatic rings. The van der Waals surface area contributed by atoms with Crippen LogP contribution in [0, 0.1) is 0 Å². The Morgan fingerprint density at radius 1 is 1.25 bits per heavy atom. The minimum absolute atomic E-state index is 0.0922. The van der Waals surface area contributed by atoms with Gasteiger partial charge in [0.05, 0.1) is 23.4 Å². The number of nitrogens with zero attached hydrogens (tertiary/aromatic N) is 2. The third-order valence-electron chi connectivity index (χ3n) is 3.50. The molecule has 1 heterocycles. The lowest BCUT2D eigenvalue weighted by atomic mass is 10.3. The molecule has 0 bridgehead atoms. The molecule has 1 amide bonds. The van der Waals surface area contributed by atoms with Gasteiger partial charge in [-0.2, -0.15) is 0 Å². The predicted molar refractivity (Wildman–Crippen MR) is 99.1 cm³/mol. The lowest BCUT2D eigenvalue weighted by Crippen LogP contribution is -2.29. The van der Waals surface area contributed by atoms with Crippen molar-refractivity contribution in [2.45, 2.75) is 6.92 Å². The van der Waals surface area contributed by atoms with Crippen LogP contribution in [0.3, 0.4) is 0 Å². The van der Waals surface area contributed by atoms with E-state index in [1.54, 1.807) is 0 Å². The van der Waals surface area contributed by atoms with E-state index in [1.807, 2.05) is 67.4 Å². The number of carbonyl (C=O) groups excluding carboxylic acids is 1. The van der Waals surface area contributed by atoms with E-state index < -0.39 is 0 Å². The number of hydrogen-bond acceptors (Lipinski definition) is 5. The summed E-state index contributed by atoms with van der Waals surface area (Å²) in [5.74, 6) is 0.723. The van der Waals surface area contributed by atoms with E-state index in [1.165, 1.54) is 11.3 Å². The second-order valence-corrected chi connectivity index (χ2v) is 6.35. The molecule has 124 valence electrons. The fourth-order valence-electron chi connectivity index (χ4n) is 2.36. The van der Waals surface area contributed by atoms with Gasteiger partial charge in [-0.3, -0.25) is 4.79 Å². The Morgan fingerprint density at radius 3 is 2.79 bits per heavy atom. The lowest BCUT2D eigenvalue weighted by molar-refractivity contribution is -0.114. The molecule has 6 heteroatoms. The van der Waals surface area contributed by atoms with Crippen molar-refractivity contribution in [2.75, 3.05) is 30.4 Å². The van der Waals surface area contributed by atoms with Crippen LogP contribution in [0.1, 0.15) is 6.92 Å². The normalized spacial score (nSPS) is 10.6. The van der Waals surface area contributed by atoms with Crippen molar-refractivity contribution >= 4 is 38.3 Å². The highest BCUT2D eigenvalue weighted by molar-refractivity contribution is 7.22. The second kappa shape index (κ2) is 7.31. The zero-order valence-corrected chi connectivity index (χ0v) is 14.5. The summed E-state index contributed by atoms with van der Waals surface area (Å²) >= 11 is 1.45. The summed E-state index contributed by atoms with van der Waals surface area (Å²) in [7, 11) is 1.89. The molecule has 0 unspecified atom stereocenters. The average Bonchev–Trinajstić information content (AvgIpc) is 2.97. The molecule has 0 atom stereocenters. The Labute approximate surface area is 144 Å². The first kappa shape index (κ1) is 16.3. The van der Waals surface area contributed by atoms with Gasteiger partial charge in [0.2, 0.25) is 5.91 Å². The number of likely N-dealkylation sites (N-methyl/N-ethyl adjacent to an activating group) is 1. The summed E-state index contributed by atoms with van der Waals surface area (Å²) in [6.45, 7) is 2.84. The lowest BCUT2D eigenvalue weighted by Gasteiger charge is -2.17. The van der Waals surface area contributed by atoms with Gasteiger partial charge in [0.15, 0.2) is 5.13 Å². The number of nitrogens with one attached hydrogen (secondary N) is 1. The SMILES string of the molecule is CCOc1ccc2nc(NC(=O)CN(C)c3ccccc3)sc2c1. The maximum atomic E-state index is 12.2. The van der Waals surface area contributed by atoms with E-state index in [0.29, 0.717) is 11.7 Å². The Bertz CT molecular complexity index is 833. The fraction of sp³-hybridized carbons (Fsp3) is 0.222. The number of rotatable bonds is 6. The molecule has 0 saturated carbocycles. The molecule has 0 aliphatic rings. The van der Waals surface area contributed by atoms with Crippen LogP contribution in [0.2, 0.25) is 0 Å². The van der Waals surface area contributed by atoms with Gasteiger partial charge in [-0.15, -0.1) is 0 Å². The number of anilines is 2. The van der Waals surface area contributed by atoms with Gasteiger partial charge in [0.25, 0.3) is 0 Å². The van der Waals surface area contributed by atoms with Gasteiger partial charge in [0.1, 0.15) is 5.75 Å². The quantitative estimate of drug-likeness (QED) is 0.741.